The minimum absolute atomic E-state index is 0.0520. The normalized spacial score (nSPS) is 39.5. The van der Waals surface area contributed by atoms with Crippen molar-refractivity contribution < 1.29 is 28.0 Å². The van der Waals surface area contributed by atoms with Crippen molar-refractivity contribution in [1.82, 2.24) is 9.55 Å². The molecule has 0 saturated carbocycles. The summed E-state index contributed by atoms with van der Waals surface area (Å²) in [5, 5.41) is 20.9. The molecule has 2 saturated heterocycles. The highest BCUT2D eigenvalue weighted by Gasteiger charge is 2.69. The van der Waals surface area contributed by atoms with Crippen molar-refractivity contribution in [1.29, 1.82) is 5.26 Å². The molecule has 26 heavy (non-hydrogen) atoms. The van der Waals surface area contributed by atoms with Gasteiger partial charge in [0.1, 0.15) is 24.1 Å². The lowest BCUT2D eigenvalue weighted by atomic mass is 9.88. The van der Waals surface area contributed by atoms with Crippen LogP contribution in [0, 0.1) is 11.3 Å². The van der Waals surface area contributed by atoms with Crippen LogP contribution in [0.25, 0.3) is 0 Å². The van der Waals surface area contributed by atoms with E-state index in [1.807, 2.05) is 6.07 Å². The Bertz CT molecular complexity index is 864. The van der Waals surface area contributed by atoms with E-state index in [2.05, 4.69) is 4.98 Å². The van der Waals surface area contributed by atoms with Gasteiger partial charge in [-0.1, -0.05) is 0 Å². The first-order chi connectivity index (χ1) is 12.0. The third-order valence-electron chi connectivity index (χ3n) is 4.20. The molecule has 0 bridgehead atoms. The van der Waals surface area contributed by atoms with Gasteiger partial charge in [-0.05, 0) is 26.8 Å². The first kappa shape index (κ1) is 19.0. The molecular formula is C14H19N4O7P. The lowest BCUT2D eigenvalue weighted by Gasteiger charge is -2.37. The van der Waals surface area contributed by atoms with Crippen LogP contribution in [-0.2, 0) is 28.6 Å². The fourth-order valence-electron chi connectivity index (χ4n) is 3.04. The summed E-state index contributed by atoms with van der Waals surface area (Å²) in [4.78, 5) is 15.8. The van der Waals surface area contributed by atoms with Crippen LogP contribution in [0.1, 0.15) is 20.8 Å². The number of nitrogens with zero attached hydrogens (tertiary/aromatic N) is 3. The highest BCUT2D eigenvalue weighted by molar-refractivity contribution is 7.48. The van der Waals surface area contributed by atoms with Gasteiger partial charge in [-0.25, -0.2) is 9.36 Å². The van der Waals surface area contributed by atoms with E-state index in [1.165, 1.54) is 19.2 Å². The number of ether oxygens (including phenoxy) is 1. The fourth-order valence-corrected chi connectivity index (χ4v) is 4.68. The monoisotopic (exact) mass is 386 g/mol. The molecule has 0 spiro atoms. The van der Waals surface area contributed by atoms with Gasteiger partial charge in [-0.3, -0.25) is 18.1 Å². The molecule has 3 rings (SSSR count). The summed E-state index contributed by atoms with van der Waals surface area (Å²) < 4.78 is 34.8. The van der Waals surface area contributed by atoms with E-state index in [1.54, 1.807) is 13.8 Å². The van der Waals surface area contributed by atoms with E-state index >= 15 is 0 Å². The molecular weight excluding hydrogens is 367 g/mol. The van der Waals surface area contributed by atoms with Crippen molar-refractivity contribution in [2.75, 3.05) is 12.3 Å². The van der Waals surface area contributed by atoms with Gasteiger partial charge in [0.05, 0.1) is 12.7 Å². The van der Waals surface area contributed by atoms with Gasteiger partial charge in [0.15, 0.2) is 5.60 Å². The third kappa shape index (κ3) is 2.75. The molecule has 0 aromatic carbocycles. The molecule has 2 aliphatic heterocycles. The fraction of sp³-hybridized carbons (Fsp3) is 0.643. The third-order valence-corrected chi connectivity index (χ3v) is 5.83. The molecule has 3 heterocycles. The SMILES string of the molecule is CC(C)OP1(=O)OCC2OC(C#N)(n3ccc(N)nc3=O)C(C)(O)C2O1. The number of nitriles is 1. The second-order valence-electron chi connectivity index (χ2n) is 6.49. The minimum Gasteiger partial charge on any atom is -0.383 e. The first-order valence-corrected chi connectivity index (χ1v) is 9.29. The van der Waals surface area contributed by atoms with Gasteiger partial charge in [0.2, 0.25) is 0 Å². The van der Waals surface area contributed by atoms with E-state index in [9.17, 15) is 19.7 Å². The molecule has 2 aliphatic rings. The highest BCUT2D eigenvalue weighted by Crippen LogP contribution is 2.60. The topological polar surface area (TPSA) is 159 Å². The zero-order valence-electron chi connectivity index (χ0n) is 14.4. The van der Waals surface area contributed by atoms with Crippen LogP contribution in [0.5, 0.6) is 0 Å². The molecule has 1 aromatic rings. The Hall–Kier alpha value is -1.80. The van der Waals surface area contributed by atoms with Crippen LogP contribution in [0.3, 0.4) is 0 Å². The molecule has 12 heteroatoms. The Morgan fingerprint density at radius 3 is 2.88 bits per heavy atom. The maximum atomic E-state index is 12.6. The van der Waals surface area contributed by atoms with Crippen LogP contribution >= 0.6 is 7.82 Å². The van der Waals surface area contributed by atoms with Crippen molar-refractivity contribution >= 4 is 13.6 Å². The van der Waals surface area contributed by atoms with Crippen molar-refractivity contribution in [3.63, 3.8) is 0 Å². The summed E-state index contributed by atoms with van der Waals surface area (Å²) in [6, 6.07) is 3.10. The Morgan fingerprint density at radius 2 is 2.31 bits per heavy atom. The quantitative estimate of drug-likeness (QED) is 0.682. The van der Waals surface area contributed by atoms with Gasteiger partial charge in [0, 0.05) is 6.20 Å². The summed E-state index contributed by atoms with van der Waals surface area (Å²) in [7, 11) is -3.97. The average molecular weight is 386 g/mol. The minimum atomic E-state index is -3.97. The number of nitrogens with two attached hydrogens (primary N) is 1. The van der Waals surface area contributed by atoms with E-state index in [-0.39, 0.29) is 12.4 Å². The zero-order chi connectivity index (χ0) is 19.3. The molecule has 5 unspecified atom stereocenters. The summed E-state index contributed by atoms with van der Waals surface area (Å²) in [6.45, 7) is 4.27. The molecule has 1 aromatic heterocycles. The number of anilines is 1. The second-order valence-corrected chi connectivity index (χ2v) is 8.06. The Kier molecular flexibility index (Phi) is 4.47. The number of phosphoric ester groups is 1. The van der Waals surface area contributed by atoms with Crippen molar-refractivity contribution in [3.05, 3.63) is 22.7 Å². The predicted molar refractivity (Wildman–Crippen MR) is 86.6 cm³/mol. The number of rotatable bonds is 3. The largest absolute Gasteiger partial charge is 0.475 e. The molecule has 3 N–H and O–H groups in total. The Labute approximate surface area is 148 Å². The lowest BCUT2D eigenvalue weighted by Crippen LogP contribution is -2.58. The van der Waals surface area contributed by atoms with Gasteiger partial charge in [-0.2, -0.15) is 10.2 Å². The van der Waals surface area contributed by atoms with E-state index in [4.69, 9.17) is 24.0 Å². The predicted octanol–water partition coefficient (Wildman–Crippen LogP) is 0.100. The summed E-state index contributed by atoms with van der Waals surface area (Å²) in [5.41, 5.74) is 0.313. The zero-order valence-corrected chi connectivity index (χ0v) is 15.3. The van der Waals surface area contributed by atoms with Crippen molar-refractivity contribution in [2.45, 2.75) is 50.4 Å². The first-order valence-electron chi connectivity index (χ1n) is 7.83. The lowest BCUT2D eigenvalue weighted by molar-refractivity contribution is -0.147. The van der Waals surface area contributed by atoms with Gasteiger partial charge >= 0.3 is 13.5 Å². The van der Waals surface area contributed by atoms with Crippen LogP contribution in [0.2, 0.25) is 0 Å². The standard InChI is InChI=1S/C14H19N4O7P/c1-8(2)24-26(21)22-6-9-11(25-26)13(3,20)14(7-15,23-9)18-5-4-10(16)17-12(18)19/h4-5,8-9,11,20H,6H2,1-3H3,(H2,16,17,19). The van der Waals surface area contributed by atoms with Gasteiger partial charge in [-0.15, -0.1) is 0 Å². The van der Waals surface area contributed by atoms with Gasteiger partial charge in [0.25, 0.3) is 5.72 Å². The van der Waals surface area contributed by atoms with Crippen LogP contribution in [-0.4, -0.2) is 45.2 Å². The van der Waals surface area contributed by atoms with Crippen molar-refractivity contribution in [3.8, 4) is 6.07 Å². The van der Waals surface area contributed by atoms with Crippen LogP contribution in [0.4, 0.5) is 5.82 Å². The number of aliphatic hydroxyl groups is 1. The number of hydrogen-bond donors (Lipinski definition) is 2. The second kappa shape index (κ2) is 6.13. The molecule has 11 nitrogen and oxygen atoms in total. The maximum absolute atomic E-state index is 12.6. The van der Waals surface area contributed by atoms with E-state index in [0.717, 1.165) is 4.57 Å². The molecule has 2 fully saturated rings. The molecule has 0 aliphatic carbocycles. The molecule has 0 amide bonds. The number of phosphoric acid groups is 1. The average Bonchev–Trinajstić information content (AvgIpc) is 2.74. The number of aromatic nitrogens is 2. The number of hydrogen-bond acceptors (Lipinski definition) is 10. The maximum Gasteiger partial charge on any atom is 0.475 e. The Balaban J connectivity index is 2.05. The summed E-state index contributed by atoms with van der Waals surface area (Å²) in [5.74, 6) is -0.0520. The van der Waals surface area contributed by atoms with Gasteiger partial charge < -0.3 is 15.6 Å². The highest BCUT2D eigenvalue weighted by atomic mass is 31.2. The van der Waals surface area contributed by atoms with Crippen LogP contribution in [0.15, 0.2) is 17.1 Å². The number of fused-ring (bicyclic) bond motifs is 1. The van der Waals surface area contributed by atoms with Crippen LogP contribution < -0.4 is 11.4 Å². The molecule has 142 valence electrons. The van der Waals surface area contributed by atoms with E-state index < -0.39 is 43.2 Å². The summed E-state index contributed by atoms with van der Waals surface area (Å²) >= 11 is 0. The molecule has 5 atom stereocenters. The molecule has 0 radical (unpaired) electrons. The Morgan fingerprint density at radius 1 is 1.62 bits per heavy atom. The van der Waals surface area contributed by atoms with Crippen molar-refractivity contribution in [2.24, 2.45) is 0 Å². The summed E-state index contributed by atoms with van der Waals surface area (Å²) in [6.07, 6.45) is -1.49. The number of nitrogen functional groups attached to an aromatic ring is 1. The smallest absolute Gasteiger partial charge is 0.383 e. The van der Waals surface area contributed by atoms with E-state index in [0.29, 0.717) is 0 Å².